The summed E-state index contributed by atoms with van der Waals surface area (Å²) in [6.45, 7) is 19.7. The first kappa shape index (κ1) is 148. The van der Waals surface area contributed by atoms with Crippen molar-refractivity contribution in [2.75, 3.05) is 59.5 Å². The van der Waals surface area contributed by atoms with Crippen molar-refractivity contribution >= 4 is 35.8 Å². The lowest BCUT2D eigenvalue weighted by Crippen LogP contribution is -2.17. The molecule has 10 atom stereocenters. The Kier molecular flexibility index (Phi) is 125. The second-order valence-electron chi connectivity index (χ2n) is 39.9. The van der Waals surface area contributed by atoms with Gasteiger partial charge in [0.2, 0.25) is 0 Å². The predicted molar refractivity (Wildman–Crippen MR) is 595 cm³/mol. The van der Waals surface area contributed by atoms with E-state index >= 15 is 0 Å². The monoisotopic (exact) mass is 2050 g/mol. The molecule has 23 nitrogen and oxygen atoms in total. The fraction of sp³-hybridized carbons (Fsp3) is 0.884. The first-order valence-corrected chi connectivity index (χ1v) is 59.4. The molecule has 2 aliphatic heterocycles. The summed E-state index contributed by atoms with van der Waals surface area (Å²) in [5.41, 5.74) is 0. The normalized spacial score (nSPS) is 15.3. The average Bonchev–Trinajstić information content (AvgIpc) is 1.71. The van der Waals surface area contributed by atoms with E-state index in [4.69, 9.17) is 53.2 Å². The number of aliphatic hydroxyl groups is 9. The van der Waals surface area contributed by atoms with Crippen LogP contribution in [0.5, 0.6) is 0 Å². The van der Waals surface area contributed by atoms with Crippen molar-refractivity contribution in [1.29, 1.82) is 0 Å². The van der Waals surface area contributed by atoms with Gasteiger partial charge in [0.25, 0.3) is 0 Å². The predicted octanol–water partition coefficient (Wildman–Crippen LogP) is 29.3. The summed E-state index contributed by atoms with van der Waals surface area (Å²) in [7, 11) is 0. The van der Waals surface area contributed by atoms with Gasteiger partial charge in [0.15, 0.2) is 0 Å². The molecular formula is C121H232O23. The number of carbonyl (C=O) groups is 6. The molecule has 144 heavy (non-hydrogen) atoms. The van der Waals surface area contributed by atoms with Gasteiger partial charge in [-0.05, 0) is 225 Å². The number of ether oxygens (including phenoxy) is 8. The van der Waals surface area contributed by atoms with E-state index < -0.39 is 36.6 Å². The van der Waals surface area contributed by atoms with E-state index in [9.17, 15) is 59.4 Å². The van der Waals surface area contributed by atoms with Crippen LogP contribution in [0.1, 0.15) is 571 Å². The third-order valence-electron chi connectivity index (χ3n) is 26.0. The molecule has 0 amide bonds. The maximum absolute atomic E-state index is 11.5. The van der Waals surface area contributed by atoms with Gasteiger partial charge in [-0.2, -0.15) is 0 Å². The number of unbranched alkanes of at least 4 members (excludes halogenated alkanes) is 50. The molecule has 0 radical (unpaired) electrons. The van der Waals surface area contributed by atoms with Crippen LogP contribution in [-0.2, 0) is 66.7 Å². The van der Waals surface area contributed by atoms with E-state index in [1.54, 1.807) is 0 Å². The van der Waals surface area contributed by atoms with Gasteiger partial charge in [-0.15, -0.1) is 0 Å². The standard InChI is InChI=1S/C20H38O5.3C20H38O4.2C20H38O3.CH4/c1-2-17(22)16-24-20(23)14-10-5-3-4-8-12-18-19(25-18)13-9-6-7-11-15-21;1-3-5-6-10-13-18-19(24-18)14-11-8-7-9-12-15-20(22)23-16-17(21)4-2;2*1-2-19(22)18-24-20(23)16-14-12-10-8-6-4-3-5-7-9-11-13-15-17-21;2*1-3-5-6-7-8-9-10-11-12-13-14-15-16-17-20(22)23-18-19(21)4-2;/h17-19,21-22H,2-16H2,1H3;17-19,21H,3-16H2,1-2H3;2*3,5,19,21-22H,2,4,6-18H2,1H3;2*9-10,19,21H,3-8,11-18H2,1-2H3;1H4/b;;5-3+;5-3-;10-9+;10-9-;. The summed E-state index contributed by atoms with van der Waals surface area (Å²) in [6.07, 6.45) is 101. The number of carbonyl (C=O) groups excluding carboxylic acids is 6. The van der Waals surface area contributed by atoms with Gasteiger partial charge in [-0.25, -0.2) is 0 Å². The second kappa shape index (κ2) is 122. The molecule has 854 valence electrons. The van der Waals surface area contributed by atoms with E-state index in [0.29, 0.717) is 121 Å². The topological polar surface area (TPSA) is 365 Å². The molecule has 2 saturated heterocycles. The largest absolute Gasteiger partial charge is 0.463 e. The smallest absolute Gasteiger partial charge is 0.305 e. The van der Waals surface area contributed by atoms with Crippen molar-refractivity contribution in [3.8, 4) is 0 Å². The Balaban J connectivity index is -0.000000536. The fourth-order valence-corrected chi connectivity index (χ4v) is 15.5. The first-order valence-electron chi connectivity index (χ1n) is 59.4. The van der Waals surface area contributed by atoms with Gasteiger partial charge in [0.05, 0.1) is 61.0 Å². The molecule has 9 N–H and O–H groups in total. The van der Waals surface area contributed by atoms with Crippen molar-refractivity contribution in [2.24, 2.45) is 0 Å². The van der Waals surface area contributed by atoms with Crippen LogP contribution in [0, 0.1) is 0 Å². The van der Waals surface area contributed by atoms with Crippen LogP contribution in [0.4, 0.5) is 0 Å². The number of esters is 6. The van der Waals surface area contributed by atoms with Gasteiger partial charge >= 0.3 is 35.8 Å². The molecule has 2 fully saturated rings. The fourth-order valence-electron chi connectivity index (χ4n) is 15.5. The molecule has 0 aliphatic carbocycles. The summed E-state index contributed by atoms with van der Waals surface area (Å²) in [4.78, 5) is 68.6. The first-order chi connectivity index (χ1) is 69.6. The number of rotatable bonds is 99. The van der Waals surface area contributed by atoms with Crippen molar-refractivity contribution in [3.63, 3.8) is 0 Å². The zero-order valence-electron chi connectivity index (χ0n) is 93.7. The van der Waals surface area contributed by atoms with E-state index in [2.05, 4.69) is 69.4 Å². The SMILES string of the molecule is C.CCC(O)COC(=O)CCCCCCC/C=C/CCCCCCO.CCC(O)COC(=O)CCCCCCC/C=C\CCCCCCO.CCC(O)COC(=O)CCCCCCCC1OC1CCCCCCO.CCCCCC/C=C/CCCCCCCC(=O)OCC(O)CC.CCCCCC/C=C\CCCCCCCC(=O)OCC(O)CC.CCCCCCC1OC1CCCCCCCC(=O)OCC(O)CC. The molecule has 23 heteroatoms. The van der Waals surface area contributed by atoms with Crippen molar-refractivity contribution in [1.82, 2.24) is 0 Å². The van der Waals surface area contributed by atoms with Crippen LogP contribution < -0.4 is 0 Å². The molecule has 0 saturated carbocycles. The van der Waals surface area contributed by atoms with Crippen LogP contribution in [0.25, 0.3) is 0 Å². The zero-order valence-corrected chi connectivity index (χ0v) is 93.7. The minimum atomic E-state index is -0.530. The third-order valence-corrected chi connectivity index (χ3v) is 26.0. The Morgan fingerprint density at radius 2 is 0.333 bits per heavy atom. The minimum absolute atomic E-state index is 0. The highest BCUT2D eigenvalue weighted by atomic mass is 16.6. The van der Waals surface area contributed by atoms with Crippen LogP contribution in [0.3, 0.4) is 0 Å². The summed E-state index contributed by atoms with van der Waals surface area (Å²) in [6, 6.07) is 0. The van der Waals surface area contributed by atoms with Crippen molar-refractivity contribution in [3.05, 3.63) is 48.6 Å². The molecule has 2 aliphatic rings. The average molecular weight is 2060 g/mol. The Hall–Kier alpha value is -4.66. The molecule has 0 aromatic rings. The second-order valence-corrected chi connectivity index (χ2v) is 39.9. The molecule has 0 spiro atoms. The van der Waals surface area contributed by atoms with Gasteiger partial charge in [-0.3, -0.25) is 28.8 Å². The van der Waals surface area contributed by atoms with Crippen molar-refractivity contribution in [2.45, 2.75) is 632 Å². The number of hydrogen-bond acceptors (Lipinski definition) is 23. The molecule has 0 bridgehead atoms. The quantitative estimate of drug-likeness (QED) is 0.00898. The van der Waals surface area contributed by atoms with E-state index in [-0.39, 0.29) is 82.9 Å². The number of aliphatic hydroxyl groups excluding tert-OH is 9. The highest BCUT2D eigenvalue weighted by Crippen LogP contribution is 2.34. The van der Waals surface area contributed by atoms with E-state index in [1.807, 2.05) is 41.5 Å². The Labute approximate surface area is 883 Å². The van der Waals surface area contributed by atoms with E-state index in [1.165, 1.54) is 270 Å². The van der Waals surface area contributed by atoms with Crippen LogP contribution in [0.15, 0.2) is 48.6 Å². The summed E-state index contributed by atoms with van der Waals surface area (Å²) in [5, 5.41) is 82.0. The number of hydrogen-bond donors (Lipinski definition) is 9. The van der Waals surface area contributed by atoms with Crippen LogP contribution in [0.2, 0.25) is 0 Å². The molecule has 0 aromatic heterocycles. The Morgan fingerprint density at radius 3 is 0.486 bits per heavy atom. The zero-order chi connectivity index (χ0) is 106. The lowest BCUT2D eigenvalue weighted by molar-refractivity contribution is -0.147. The maximum Gasteiger partial charge on any atom is 0.305 e. The number of epoxide rings is 2. The number of allylic oxidation sites excluding steroid dienone is 8. The van der Waals surface area contributed by atoms with Crippen LogP contribution >= 0.6 is 0 Å². The summed E-state index contributed by atoms with van der Waals surface area (Å²) >= 11 is 0. The molecule has 0 aromatic carbocycles. The van der Waals surface area contributed by atoms with Gasteiger partial charge < -0.3 is 83.9 Å². The summed E-state index contributed by atoms with van der Waals surface area (Å²) < 4.78 is 41.5. The Bertz CT molecular complexity index is 2650. The van der Waals surface area contributed by atoms with Gasteiger partial charge in [-0.1, -0.05) is 356 Å². The highest BCUT2D eigenvalue weighted by Gasteiger charge is 2.38. The van der Waals surface area contributed by atoms with Crippen LogP contribution in [-0.4, -0.2) is 202 Å². The minimum Gasteiger partial charge on any atom is -0.463 e. The summed E-state index contributed by atoms with van der Waals surface area (Å²) in [5.74, 6) is -1.11. The van der Waals surface area contributed by atoms with E-state index in [0.717, 1.165) is 154 Å². The Morgan fingerprint density at radius 1 is 0.201 bits per heavy atom. The lowest BCUT2D eigenvalue weighted by Gasteiger charge is -2.08. The highest BCUT2D eigenvalue weighted by molar-refractivity contribution is 5.71. The lowest BCUT2D eigenvalue weighted by atomic mass is 10.0. The third kappa shape index (κ3) is 123. The molecule has 2 heterocycles. The van der Waals surface area contributed by atoms with Gasteiger partial charge in [0, 0.05) is 58.3 Å². The molecule has 10 unspecified atom stereocenters. The maximum atomic E-state index is 11.5. The van der Waals surface area contributed by atoms with Gasteiger partial charge in [0.1, 0.15) is 39.6 Å². The van der Waals surface area contributed by atoms with Crippen molar-refractivity contribution < 1.29 is 113 Å². The molecule has 2 rings (SSSR count). The molecular weight excluding hydrogens is 1820 g/mol.